The van der Waals surface area contributed by atoms with Gasteiger partial charge < -0.3 is 14.7 Å². The summed E-state index contributed by atoms with van der Waals surface area (Å²) in [5.74, 6) is 0.813. The normalized spacial score (nSPS) is 16.9. The fourth-order valence-electron chi connectivity index (χ4n) is 2.72. The molecule has 1 fully saturated rings. The molecule has 2 rings (SSSR count). The van der Waals surface area contributed by atoms with E-state index in [-0.39, 0.29) is 12.3 Å². The minimum Gasteiger partial charge on any atom is -0.497 e. The summed E-state index contributed by atoms with van der Waals surface area (Å²) in [6.45, 7) is 0.554. The third-order valence-corrected chi connectivity index (χ3v) is 4.02. The number of amides is 1. The quantitative estimate of drug-likeness (QED) is 0.898. The average molecular weight is 277 g/mol. The van der Waals surface area contributed by atoms with Gasteiger partial charge in [0.25, 0.3) is 0 Å². The van der Waals surface area contributed by atoms with Gasteiger partial charge in [0, 0.05) is 13.6 Å². The second-order valence-corrected chi connectivity index (χ2v) is 5.71. The van der Waals surface area contributed by atoms with Crippen LogP contribution in [0.5, 0.6) is 5.75 Å². The highest BCUT2D eigenvalue weighted by molar-refractivity contribution is 5.77. The molecule has 0 heterocycles. The van der Waals surface area contributed by atoms with Crippen molar-refractivity contribution in [3.63, 3.8) is 0 Å². The summed E-state index contributed by atoms with van der Waals surface area (Å²) in [5, 5.41) is 10.3. The number of methoxy groups -OCH3 is 1. The van der Waals surface area contributed by atoms with Crippen molar-refractivity contribution in [3.8, 4) is 5.75 Å². The standard InChI is InChI=1S/C16H23NO3/c1-17(12-13-5-7-14(20-2)8-6-13)15(18)11-16(19)9-3-4-10-16/h5-8,19H,3-4,9-12H2,1-2H3. The SMILES string of the molecule is COc1ccc(CN(C)C(=O)CC2(O)CCCC2)cc1. The zero-order valence-electron chi connectivity index (χ0n) is 12.3. The van der Waals surface area contributed by atoms with Crippen molar-refractivity contribution in [2.75, 3.05) is 14.2 Å². The Hall–Kier alpha value is -1.55. The lowest BCUT2D eigenvalue weighted by atomic mass is 9.97. The topological polar surface area (TPSA) is 49.8 Å². The van der Waals surface area contributed by atoms with Crippen molar-refractivity contribution in [2.24, 2.45) is 0 Å². The lowest BCUT2D eigenvalue weighted by Gasteiger charge is -2.25. The van der Waals surface area contributed by atoms with Crippen molar-refractivity contribution in [1.29, 1.82) is 0 Å². The van der Waals surface area contributed by atoms with E-state index in [0.717, 1.165) is 37.0 Å². The first-order valence-electron chi connectivity index (χ1n) is 7.12. The van der Waals surface area contributed by atoms with Gasteiger partial charge in [0.1, 0.15) is 5.75 Å². The second-order valence-electron chi connectivity index (χ2n) is 5.71. The van der Waals surface area contributed by atoms with Gasteiger partial charge in [0.05, 0.1) is 19.1 Å². The molecule has 0 spiro atoms. The second kappa shape index (κ2) is 6.27. The predicted octanol–water partition coefficient (Wildman–Crippen LogP) is 2.35. The van der Waals surface area contributed by atoms with Gasteiger partial charge in [-0.2, -0.15) is 0 Å². The first-order valence-corrected chi connectivity index (χ1v) is 7.12. The number of rotatable bonds is 5. The van der Waals surface area contributed by atoms with Crippen LogP contribution in [0.15, 0.2) is 24.3 Å². The molecule has 1 amide bonds. The molecule has 0 aliphatic heterocycles. The van der Waals surface area contributed by atoms with Crippen molar-refractivity contribution < 1.29 is 14.6 Å². The van der Waals surface area contributed by atoms with Crippen LogP contribution < -0.4 is 4.74 Å². The number of carbonyl (C=O) groups excluding carboxylic acids is 1. The molecule has 0 radical (unpaired) electrons. The van der Waals surface area contributed by atoms with Crippen LogP contribution in [0.1, 0.15) is 37.7 Å². The number of hydrogen-bond donors (Lipinski definition) is 1. The molecule has 20 heavy (non-hydrogen) atoms. The Morgan fingerprint density at radius 3 is 2.45 bits per heavy atom. The van der Waals surface area contributed by atoms with E-state index in [4.69, 9.17) is 4.74 Å². The van der Waals surface area contributed by atoms with Crippen LogP contribution in [0.2, 0.25) is 0 Å². The Morgan fingerprint density at radius 2 is 1.90 bits per heavy atom. The number of nitrogens with zero attached hydrogens (tertiary/aromatic N) is 1. The third kappa shape index (κ3) is 3.73. The van der Waals surface area contributed by atoms with E-state index in [9.17, 15) is 9.90 Å². The minimum absolute atomic E-state index is 0.00483. The number of hydrogen-bond acceptors (Lipinski definition) is 3. The van der Waals surface area contributed by atoms with Gasteiger partial charge in [-0.05, 0) is 30.5 Å². The van der Waals surface area contributed by atoms with Gasteiger partial charge in [0.2, 0.25) is 5.91 Å². The molecule has 1 aliphatic rings. The first kappa shape index (κ1) is 14.9. The van der Waals surface area contributed by atoms with Crippen LogP contribution in [-0.4, -0.2) is 35.7 Å². The van der Waals surface area contributed by atoms with E-state index in [1.165, 1.54) is 0 Å². The lowest BCUT2D eigenvalue weighted by molar-refractivity contribution is -0.135. The molecular weight excluding hydrogens is 254 g/mol. The van der Waals surface area contributed by atoms with Crippen molar-refractivity contribution >= 4 is 5.91 Å². The molecule has 1 aromatic rings. The Bertz CT molecular complexity index is 449. The molecule has 0 bridgehead atoms. The average Bonchev–Trinajstić information content (AvgIpc) is 2.86. The zero-order valence-corrected chi connectivity index (χ0v) is 12.3. The van der Waals surface area contributed by atoms with E-state index in [0.29, 0.717) is 6.54 Å². The molecule has 0 atom stereocenters. The summed E-state index contributed by atoms with van der Waals surface area (Å²) in [7, 11) is 3.41. The number of ether oxygens (including phenoxy) is 1. The number of aliphatic hydroxyl groups is 1. The van der Waals surface area contributed by atoms with Crippen LogP contribution in [0.4, 0.5) is 0 Å². The van der Waals surface area contributed by atoms with E-state index < -0.39 is 5.60 Å². The van der Waals surface area contributed by atoms with Crippen LogP contribution >= 0.6 is 0 Å². The molecule has 1 aromatic carbocycles. The molecule has 0 saturated heterocycles. The van der Waals surface area contributed by atoms with E-state index >= 15 is 0 Å². The number of benzene rings is 1. The Morgan fingerprint density at radius 1 is 1.30 bits per heavy atom. The largest absolute Gasteiger partial charge is 0.497 e. The summed E-state index contributed by atoms with van der Waals surface area (Å²) in [6.07, 6.45) is 3.77. The summed E-state index contributed by atoms with van der Waals surface area (Å²) < 4.78 is 5.11. The van der Waals surface area contributed by atoms with E-state index in [1.54, 1.807) is 19.1 Å². The van der Waals surface area contributed by atoms with E-state index in [1.807, 2.05) is 24.3 Å². The molecule has 1 saturated carbocycles. The van der Waals surface area contributed by atoms with Crippen LogP contribution in [0.3, 0.4) is 0 Å². The minimum atomic E-state index is -0.773. The number of carbonyl (C=O) groups is 1. The van der Waals surface area contributed by atoms with Crippen molar-refractivity contribution in [1.82, 2.24) is 4.90 Å². The lowest BCUT2D eigenvalue weighted by Crippen LogP contribution is -2.35. The molecule has 4 heteroatoms. The summed E-state index contributed by atoms with van der Waals surface area (Å²) in [4.78, 5) is 13.9. The fourth-order valence-corrected chi connectivity index (χ4v) is 2.72. The predicted molar refractivity (Wildman–Crippen MR) is 77.5 cm³/mol. The van der Waals surface area contributed by atoms with Crippen molar-refractivity contribution in [3.05, 3.63) is 29.8 Å². The highest BCUT2D eigenvalue weighted by Crippen LogP contribution is 2.32. The van der Waals surface area contributed by atoms with Gasteiger partial charge in [-0.1, -0.05) is 25.0 Å². The van der Waals surface area contributed by atoms with Crippen LogP contribution in [-0.2, 0) is 11.3 Å². The molecule has 4 nitrogen and oxygen atoms in total. The van der Waals surface area contributed by atoms with Crippen LogP contribution in [0, 0.1) is 0 Å². The Balaban J connectivity index is 1.89. The van der Waals surface area contributed by atoms with Gasteiger partial charge in [-0.25, -0.2) is 0 Å². The highest BCUT2D eigenvalue weighted by atomic mass is 16.5. The maximum absolute atomic E-state index is 12.2. The van der Waals surface area contributed by atoms with Gasteiger partial charge in [0.15, 0.2) is 0 Å². The summed E-state index contributed by atoms with van der Waals surface area (Å²) >= 11 is 0. The molecule has 1 aliphatic carbocycles. The Kier molecular flexibility index (Phi) is 4.65. The summed E-state index contributed by atoms with van der Waals surface area (Å²) in [5.41, 5.74) is 0.283. The highest BCUT2D eigenvalue weighted by Gasteiger charge is 2.34. The molecule has 1 N–H and O–H groups in total. The smallest absolute Gasteiger partial charge is 0.225 e. The van der Waals surface area contributed by atoms with Crippen LogP contribution in [0.25, 0.3) is 0 Å². The third-order valence-electron chi connectivity index (χ3n) is 4.02. The van der Waals surface area contributed by atoms with Gasteiger partial charge in [-0.3, -0.25) is 4.79 Å². The monoisotopic (exact) mass is 277 g/mol. The van der Waals surface area contributed by atoms with Gasteiger partial charge in [-0.15, -0.1) is 0 Å². The fraction of sp³-hybridized carbons (Fsp3) is 0.562. The first-order chi connectivity index (χ1) is 9.52. The summed E-state index contributed by atoms with van der Waals surface area (Å²) in [6, 6.07) is 7.68. The maximum atomic E-state index is 12.2. The molecule has 0 aromatic heterocycles. The van der Waals surface area contributed by atoms with E-state index in [2.05, 4.69) is 0 Å². The van der Waals surface area contributed by atoms with Gasteiger partial charge >= 0.3 is 0 Å². The zero-order chi connectivity index (χ0) is 14.6. The molecular formula is C16H23NO3. The van der Waals surface area contributed by atoms with Crippen molar-refractivity contribution in [2.45, 2.75) is 44.2 Å². The Labute approximate surface area is 120 Å². The maximum Gasteiger partial charge on any atom is 0.225 e. The molecule has 110 valence electrons. The molecule has 0 unspecified atom stereocenters.